The van der Waals surface area contributed by atoms with Gasteiger partial charge in [0, 0.05) is 20.8 Å². The van der Waals surface area contributed by atoms with Crippen molar-refractivity contribution in [2.45, 2.75) is 32.2 Å². The molecule has 1 aromatic carbocycles. The van der Waals surface area contributed by atoms with Gasteiger partial charge in [-0.2, -0.15) is 0 Å². The highest BCUT2D eigenvalue weighted by Gasteiger charge is 2.11. The normalized spacial score (nSPS) is 12.6. The first-order chi connectivity index (χ1) is 9.67. The Bertz CT molecular complexity index is 541. The Hall–Kier alpha value is -0.710. The molecule has 0 radical (unpaired) electrons. The van der Waals surface area contributed by atoms with Crippen LogP contribution in [0.15, 0.2) is 40.2 Å². The average molecular weight is 356 g/mol. The van der Waals surface area contributed by atoms with Gasteiger partial charge >= 0.3 is 0 Å². The molecular formula is C16H19BrFNS. The summed E-state index contributed by atoms with van der Waals surface area (Å²) in [5.74, 6) is -0.157. The Morgan fingerprint density at radius 2 is 2.15 bits per heavy atom. The maximum atomic E-state index is 13.3. The summed E-state index contributed by atoms with van der Waals surface area (Å²) in [6, 6.07) is 9.41. The van der Waals surface area contributed by atoms with Crippen molar-refractivity contribution in [1.82, 2.24) is 5.32 Å². The molecule has 1 atom stereocenters. The Balaban J connectivity index is 2.02. The van der Waals surface area contributed by atoms with Gasteiger partial charge in [0.1, 0.15) is 5.82 Å². The van der Waals surface area contributed by atoms with Crippen LogP contribution in [0, 0.1) is 5.82 Å². The molecule has 0 aliphatic carbocycles. The topological polar surface area (TPSA) is 12.0 Å². The van der Waals surface area contributed by atoms with Gasteiger partial charge in [0.2, 0.25) is 0 Å². The van der Waals surface area contributed by atoms with Gasteiger partial charge < -0.3 is 5.32 Å². The molecule has 2 rings (SSSR count). The molecule has 1 N–H and O–H groups in total. The lowest BCUT2D eigenvalue weighted by Crippen LogP contribution is -2.33. The van der Waals surface area contributed by atoms with Crippen molar-refractivity contribution >= 4 is 27.3 Å². The van der Waals surface area contributed by atoms with E-state index < -0.39 is 0 Å². The van der Waals surface area contributed by atoms with Crippen LogP contribution >= 0.6 is 27.3 Å². The van der Waals surface area contributed by atoms with Crippen LogP contribution < -0.4 is 5.32 Å². The fraction of sp³-hybridized carbons (Fsp3) is 0.375. The molecule has 0 fully saturated rings. The first-order valence-corrected chi connectivity index (χ1v) is 8.55. The number of halogens is 2. The highest BCUT2D eigenvalue weighted by molar-refractivity contribution is 9.10. The highest BCUT2D eigenvalue weighted by Crippen LogP contribution is 2.22. The van der Waals surface area contributed by atoms with Crippen molar-refractivity contribution in [2.75, 3.05) is 6.54 Å². The molecule has 0 aliphatic rings. The van der Waals surface area contributed by atoms with Crippen LogP contribution in [0.1, 0.15) is 23.8 Å². The van der Waals surface area contributed by atoms with Crippen molar-refractivity contribution in [3.8, 4) is 0 Å². The number of hydrogen-bond acceptors (Lipinski definition) is 2. The lowest BCUT2D eigenvalue weighted by molar-refractivity contribution is 0.506. The first-order valence-electron chi connectivity index (χ1n) is 6.88. The molecule has 0 amide bonds. The molecule has 1 unspecified atom stereocenters. The van der Waals surface area contributed by atoms with Crippen molar-refractivity contribution in [3.63, 3.8) is 0 Å². The summed E-state index contributed by atoms with van der Waals surface area (Å²) >= 11 is 5.26. The molecule has 0 bridgehead atoms. The van der Waals surface area contributed by atoms with Crippen molar-refractivity contribution in [2.24, 2.45) is 0 Å². The molecule has 1 heterocycles. The van der Waals surface area contributed by atoms with E-state index in [4.69, 9.17) is 0 Å². The number of rotatable bonds is 7. The first kappa shape index (κ1) is 15.7. The summed E-state index contributed by atoms with van der Waals surface area (Å²) in [4.78, 5) is 1.35. The van der Waals surface area contributed by atoms with E-state index in [0.29, 0.717) is 6.04 Å². The van der Waals surface area contributed by atoms with Crippen LogP contribution in [-0.2, 0) is 12.8 Å². The predicted octanol–water partition coefficient (Wildman–Crippen LogP) is 4.80. The second-order valence-electron chi connectivity index (χ2n) is 4.92. The quantitative estimate of drug-likeness (QED) is 0.751. The summed E-state index contributed by atoms with van der Waals surface area (Å²) in [7, 11) is 0. The Morgan fingerprint density at radius 3 is 2.80 bits per heavy atom. The second-order valence-corrected chi connectivity index (χ2v) is 6.83. The van der Waals surface area contributed by atoms with E-state index in [1.54, 1.807) is 23.5 Å². The average Bonchev–Trinajstić information content (AvgIpc) is 2.81. The maximum absolute atomic E-state index is 13.3. The number of benzene rings is 1. The van der Waals surface area contributed by atoms with Gasteiger partial charge in [-0.3, -0.25) is 0 Å². The fourth-order valence-corrected chi connectivity index (χ4v) is 3.75. The van der Waals surface area contributed by atoms with E-state index in [-0.39, 0.29) is 5.82 Å². The van der Waals surface area contributed by atoms with Gasteiger partial charge in [-0.15, -0.1) is 11.3 Å². The van der Waals surface area contributed by atoms with Crippen LogP contribution in [0.5, 0.6) is 0 Å². The third-order valence-electron chi connectivity index (χ3n) is 3.12. The molecule has 20 heavy (non-hydrogen) atoms. The lowest BCUT2D eigenvalue weighted by Gasteiger charge is -2.18. The van der Waals surface area contributed by atoms with Gasteiger partial charge in [0.25, 0.3) is 0 Å². The Morgan fingerprint density at radius 1 is 1.30 bits per heavy atom. The zero-order valence-corrected chi connectivity index (χ0v) is 13.9. The minimum atomic E-state index is -0.157. The van der Waals surface area contributed by atoms with Crippen LogP contribution in [0.25, 0.3) is 0 Å². The zero-order chi connectivity index (χ0) is 14.4. The van der Waals surface area contributed by atoms with Gasteiger partial charge in [-0.05, 0) is 65.5 Å². The van der Waals surface area contributed by atoms with Gasteiger partial charge in [-0.1, -0.05) is 19.1 Å². The molecule has 108 valence electrons. The van der Waals surface area contributed by atoms with Crippen molar-refractivity contribution in [1.29, 1.82) is 0 Å². The summed E-state index contributed by atoms with van der Waals surface area (Å²) in [5.41, 5.74) is 1.05. The van der Waals surface area contributed by atoms with E-state index in [1.165, 1.54) is 10.9 Å². The minimum Gasteiger partial charge on any atom is -0.313 e. The molecule has 0 saturated heterocycles. The smallest absolute Gasteiger partial charge is 0.123 e. The van der Waals surface area contributed by atoms with Crippen LogP contribution in [0.2, 0.25) is 0 Å². The van der Waals surface area contributed by atoms with E-state index in [9.17, 15) is 4.39 Å². The molecular weight excluding hydrogens is 337 g/mol. The summed E-state index contributed by atoms with van der Waals surface area (Å²) in [5, 5.41) is 5.67. The summed E-state index contributed by atoms with van der Waals surface area (Å²) < 4.78 is 14.4. The van der Waals surface area contributed by atoms with Crippen LogP contribution in [0.3, 0.4) is 0 Å². The molecule has 0 aliphatic heterocycles. The molecule has 4 heteroatoms. The SMILES string of the molecule is CCCNC(Cc1cccc(F)c1)Cc1cc(Br)cs1. The van der Waals surface area contributed by atoms with Gasteiger partial charge in [0.05, 0.1) is 0 Å². The largest absolute Gasteiger partial charge is 0.313 e. The molecule has 0 spiro atoms. The number of nitrogens with one attached hydrogen (secondary N) is 1. The fourth-order valence-electron chi connectivity index (χ4n) is 2.22. The molecule has 1 aromatic heterocycles. The second kappa shape index (κ2) is 7.91. The summed E-state index contributed by atoms with van der Waals surface area (Å²) in [6.07, 6.45) is 2.94. The highest BCUT2D eigenvalue weighted by atomic mass is 79.9. The Labute approximate surface area is 132 Å². The van der Waals surface area contributed by atoms with Crippen LogP contribution in [-0.4, -0.2) is 12.6 Å². The van der Waals surface area contributed by atoms with Crippen LogP contribution in [0.4, 0.5) is 4.39 Å². The number of thiophene rings is 1. The third kappa shape index (κ3) is 5.00. The van der Waals surface area contributed by atoms with Gasteiger partial charge in [0.15, 0.2) is 0 Å². The minimum absolute atomic E-state index is 0.157. The molecule has 2 aromatic rings. The summed E-state index contributed by atoms with van der Waals surface area (Å²) in [6.45, 7) is 3.15. The van der Waals surface area contributed by atoms with E-state index in [0.717, 1.165) is 35.8 Å². The monoisotopic (exact) mass is 355 g/mol. The number of hydrogen-bond donors (Lipinski definition) is 1. The molecule has 1 nitrogen and oxygen atoms in total. The van der Waals surface area contributed by atoms with E-state index >= 15 is 0 Å². The van der Waals surface area contributed by atoms with E-state index in [1.807, 2.05) is 6.07 Å². The maximum Gasteiger partial charge on any atom is 0.123 e. The van der Waals surface area contributed by atoms with E-state index in [2.05, 4.69) is 39.6 Å². The predicted molar refractivity (Wildman–Crippen MR) is 87.9 cm³/mol. The standard InChI is InChI=1S/C16H19BrFNS/c1-2-6-19-15(10-16-9-13(17)11-20-16)8-12-4-3-5-14(18)7-12/h3-5,7,9,11,15,19H,2,6,8,10H2,1H3. The van der Waals surface area contributed by atoms with Gasteiger partial charge in [-0.25, -0.2) is 4.39 Å². The Kier molecular flexibility index (Phi) is 6.20. The third-order valence-corrected chi connectivity index (χ3v) is 4.84. The lowest BCUT2D eigenvalue weighted by atomic mass is 10.0. The molecule has 0 saturated carbocycles. The van der Waals surface area contributed by atoms with Crippen molar-refractivity contribution < 1.29 is 4.39 Å². The van der Waals surface area contributed by atoms with Crippen molar-refractivity contribution in [3.05, 3.63) is 56.4 Å². The zero-order valence-electron chi connectivity index (χ0n) is 11.5.